The predicted molar refractivity (Wildman–Crippen MR) is 79.4 cm³/mol. The minimum atomic E-state index is -2.96. The molecule has 0 radical (unpaired) electrons. The van der Waals surface area contributed by atoms with Crippen LogP contribution < -0.4 is 10.6 Å². The maximum Gasteiger partial charge on any atom is 0.152 e. The van der Waals surface area contributed by atoms with Gasteiger partial charge in [-0.3, -0.25) is 0 Å². The molecule has 0 saturated carbocycles. The number of nitrogens with zero attached hydrogens (tertiary/aromatic N) is 1. The summed E-state index contributed by atoms with van der Waals surface area (Å²) < 4.78 is 23.6. The van der Waals surface area contributed by atoms with Crippen LogP contribution >= 0.6 is 0 Å². The van der Waals surface area contributed by atoms with Gasteiger partial charge in [-0.25, -0.2) is 8.42 Å². The molecule has 4 nitrogen and oxygen atoms in total. The van der Waals surface area contributed by atoms with Crippen LogP contribution in [-0.4, -0.2) is 39.1 Å². The minimum Gasteiger partial charge on any atom is -0.367 e. The topological polar surface area (TPSA) is 63.4 Å². The Morgan fingerprint density at radius 1 is 1.26 bits per heavy atom. The second-order valence-corrected chi connectivity index (χ2v) is 7.86. The van der Waals surface area contributed by atoms with Crippen molar-refractivity contribution in [3.8, 4) is 0 Å². The first-order valence-electron chi connectivity index (χ1n) is 6.51. The van der Waals surface area contributed by atoms with Crippen LogP contribution in [0.3, 0.4) is 0 Å². The van der Waals surface area contributed by atoms with Crippen LogP contribution in [0.1, 0.15) is 17.5 Å². The number of aryl methyl sites for hydroxylation is 2. The normalized spacial score (nSPS) is 25.5. The highest BCUT2D eigenvalue weighted by atomic mass is 32.2. The maximum atomic E-state index is 11.8. The van der Waals surface area contributed by atoms with E-state index in [-0.39, 0.29) is 11.5 Å². The van der Waals surface area contributed by atoms with Gasteiger partial charge in [0.25, 0.3) is 0 Å². The van der Waals surface area contributed by atoms with E-state index in [9.17, 15) is 8.42 Å². The fraction of sp³-hybridized carbons (Fsp3) is 0.571. The van der Waals surface area contributed by atoms with Gasteiger partial charge < -0.3 is 10.6 Å². The fourth-order valence-corrected chi connectivity index (χ4v) is 4.99. The van der Waals surface area contributed by atoms with Crippen molar-refractivity contribution in [1.29, 1.82) is 0 Å². The van der Waals surface area contributed by atoms with Gasteiger partial charge in [-0.1, -0.05) is 6.07 Å². The summed E-state index contributed by atoms with van der Waals surface area (Å²) in [4.78, 5) is 2.05. The summed E-state index contributed by atoms with van der Waals surface area (Å²) in [6.45, 7) is 4.45. The molecule has 1 aromatic carbocycles. The molecule has 106 valence electrons. The molecular weight excluding hydrogens is 260 g/mol. The second-order valence-electron chi connectivity index (χ2n) is 5.68. The third-order valence-corrected chi connectivity index (χ3v) is 5.86. The number of anilines is 1. The molecule has 1 fully saturated rings. The summed E-state index contributed by atoms with van der Waals surface area (Å²) in [5.41, 5.74) is 8.83. The second kappa shape index (κ2) is 4.80. The lowest BCUT2D eigenvalue weighted by atomic mass is 9.95. The van der Waals surface area contributed by atoms with Gasteiger partial charge in [-0.15, -0.1) is 0 Å². The van der Waals surface area contributed by atoms with Crippen molar-refractivity contribution in [2.24, 2.45) is 5.73 Å². The molecule has 19 heavy (non-hydrogen) atoms. The molecular formula is C14H22N2O2S. The van der Waals surface area contributed by atoms with E-state index in [0.717, 1.165) is 5.69 Å². The molecule has 1 aliphatic heterocycles. The van der Waals surface area contributed by atoms with Crippen molar-refractivity contribution >= 4 is 15.5 Å². The molecule has 2 N–H and O–H groups in total. The molecule has 0 amide bonds. The number of benzene rings is 1. The highest BCUT2D eigenvalue weighted by molar-refractivity contribution is 7.91. The lowest BCUT2D eigenvalue weighted by Gasteiger charge is -2.39. The molecule has 5 heteroatoms. The zero-order valence-corrected chi connectivity index (χ0v) is 12.6. The van der Waals surface area contributed by atoms with E-state index in [0.29, 0.717) is 13.0 Å². The fourth-order valence-electron chi connectivity index (χ4n) is 2.88. The van der Waals surface area contributed by atoms with Crippen LogP contribution in [0.4, 0.5) is 5.69 Å². The third kappa shape index (κ3) is 2.77. The molecule has 0 bridgehead atoms. The van der Waals surface area contributed by atoms with Crippen molar-refractivity contribution in [2.75, 3.05) is 30.0 Å². The van der Waals surface area contributed by atoms with Crippen molar-refractivity contribution in [3.05, 3.63) is 29.3 Å². The predicted octanol–water partition coefficient (Wildman–Crippen LogP) is 1.26. The van der Waals surface area contributed by atoms with Crippen LogP contribution in [0.25, 0.3) is 0 Å². The van der Waals surface area contributed by atoms with Crippen molar-refractivity contribution in [3.63, 3.8) is 0 Å². The Kier molecular flexibility index (Phi) is 3.62. The summed E-state index contributed by atoms with van der Waals surface area (Å²) in [5.74, 6) is 0.388. The van der Waals surface area contributed by atoms with Gasteiger partial charge in [-0.05, 0) is 43.5 Å². The van der Waals surface area contributed by atoms with E-state index >= 15 is 0 Å². The average Bonchev–Trinajstić information content (AvgIpc) is 2.64. The van der Waals surface area contributed by atoms with E-state index < -0.39 is 15.4 Å². The van der Waals surface area contributed by atoms with Crippen molar-refractivity contribution in [1.82, 2.24) is 0 Å². The summed E-state index contributed by atoms with van der Waals surface area (Å²) >= 11 is 0. The lowest BCUT2D eigenvalue weighted by Crippen LogP contribution is -2.53. The molecule has 1 unspecified atom stereocenters. The number of hydrogen-bond acceptors (Lipinski definition) is 4. The molecule has 1 heterocycles. The summed E-state index contributed by atoms with van der Waals surface area (Å²) in [5, 5.41) is 0. The summed E-state index contributed by atoms with van der Waals surface area (Å²) in [6, 6.07) is 6.27. The van der Waals surface area contributed by atoms with Crippen LogP contribution in [0.5, 0.6) is 0 Å². The largest absolute Gasteiger partial charge is 0.367 e. The van der Waals surface area contributed by atoms with Crippen molar-refractivity contribution < 1.29 is 8.42 Å². The van der Waals surface area contributed by atoms with Gasteiger partial charge in [0, 0.05) is 19.3 Å². The Labute approximate surface area is 115 Å². The van der Waals surface area contributed by atoms with E-state index in [1.165, 1.54) is 11.1 Å². The van der Waals surface area contributed by atoms with E-state index in [2.05, 4.69) is 23.1 Å². The molecule has 1 aromatic rings. The molecule has 1 saturated heterocycles. The first-order valence-corrected chi connectivity index (χ1v) is 8.33. The number of hydrogen-bond donors (Lipinski definition) is 1. The smallest absolute Gasteiger partial charge is 0.152 e. The third-order valence-electron chi connectivity index (χ3n) is 4.05. The first-order chi connectivity index (χ1) is 8.78. The molecule has 0 spiro atoms. The van der Waals surface area contributed by atoms with Crippen LogP contribution in [0, 0.1) is 13.8 Å². The lowest BCUT2D eigenvalue weighted by molar-refractivity contribution is 0.462. The molecule has 0 aromatic heterocycles. The highest BCUT2D eigenvalue weighted by Gasteiger charge is 2.44. The zero-order chi connectivity index (χ0) is 14.3. The van der Waals surface area contributed by atoms with E-state index in [1.54, 1.807) is 0 Å². The molecule has 1 atom stereocenters. The Morgan fingerprint density at radius 2 is 1.84 bits per heavy atom. The van der Waals surface area contributed by atoms with E-state index in [4.69, 9.17) is 5.73 Å². The number of rotatable bonds is 3. The standard InChI is InChI=1S/C14H22N2O2S/c1-11-6-12(2)8-13(7-11)16(3)14(9-15)4-5-19(17,18)10-14/h6-8H,4-5,9-10,15H2,1-3H3. The van der Waals surface area contributed by atoms with Crippen molar-refractivity contribution in [2.45, 2.75) is 25.8 Å². The van der Waals surface area contributed by atoms with Gasteiger partial charge in [-0.2, -0.15) is 0 Å². The monoisotopic (exact) mass is 282 g/mol. The van der Waals surface area contributed by atoms with E-state index in [1.807, 2.05) is 20.9 Å². The van der Waals surface area contributed by atoms with Gasteiger partial charge in [0.15, 0.2) is 9.84 Å². The van der Waals surface area contributed by atoms with Crippen LogP contribution in [-0.2, 0) is 9.84 Å². The summed E-state index contributed by atoms with van der Waals surface area (Å²) in [6.07, 6.45) is 0.606. The van der Waals surface area contributed by atoms with Gasteiger partial charge in [0.1, 0.15) is 0 Å². The molecule has 0 aliphatic carbocycles. The number of sulfone groups is 1. The van der Waals surface area contributed by atoms with Gasteiger partial charge in [0.05, 0.1) is 17.0 Å². The Morgan fingerprint density at radius 3 is 2.26 bits per heavy atom. The van der Waals surface area contributed by atoms with Gasteiger partial charge in [0.2, 0.25) is 0 Å². The Balaban J connectivity index is 2.39. The van der Waals surface area contributed by atoms with Gasteiger partial charge >= 0.3 is 0 Å². The first kappa shape index (κ1) is 14.3. The molecule has 2 rings (SSSR count). The number of likely N-dealkylation sites (N-methyl/N-ethyl adjacent to an activating group) is 1. The SMILES string of the molecule is Cc1cc(C)cc(N(C)C2(CN)CCS(=O)(=O)C2)c1. The van der Waals surface area contributed by atoms with Crippen LogP contribution in [0.2, 0.25) is 0 Å². The Bertz CT molecular complexity index is 563. The molecule has 1 aliphatic rings. The zero-order valence-electron chi connectivity index (χ0n) is 11.8. The summed E-state index contributed by atoms with van der Waals surface area (Å²) in [7, 11) is -1.01. The number of nitrogens with two attached hydrogens (primary N) is 1. The highest BCUT2D eigenvalue weighted by Crippen LogP contribution is 2.32. The minimum absolute atomic E-state index is 0.153. The van der Waals surface area contributed by atoms with Crippen LogP contribution in [0.15, 0.2) is 18.2 Å². The maximum absolute atomic E-state index is 11.8. The Hall–Kier alpha value is -1.07. The average molecular weight is 282 g/mol. The quantitative estimate of drug-likeness (QED) is 0.906.